The maximum Gasteiger partial charge on any atom is 0.258 e. The van der Waals surface area contributed by atoms with Gasteiger partial charge < -0.3 is 9.63 Å². The lowest BCUT2D eigenvalue weighted by Crippen LogP contribution is -2.36. The molecule has 13 heavy (non-hydrogen) atoms. The molecule has 1 aromatic heterocycles. The molecule has 1 unspecified atom stereocenters. The van der Waals surface area contributed by atoms with Crippen LogP contribution in [0.5, 0.6) is 0 Å². The first-order valence-electron chi connectivity index (χ1n) is 4.64. The largest absolute Gasteiger partial charge is 0.380 e. The normalized spacial score (nSPS) is 22.4. The van der Waals surface area contributed by atoms with Gasteiger partial charge in [0, 0.05) is 0 Å². The Kier molecular flexibility index (Phi) is 1.87. The molecular formula is C9H14N2O2. The van der Waals surface area contributed by atoms with Gasteiger partial charge in [0.15, 0.2) is 5.82 Å². The molecule has 2 rings (SSSR count). The van der Waals surface area contributed by atoms with Crippen molar-refractivity contribution in [2.45, 2.75) is 38.7 Å². The lowest BCUT2D eigenvalue weighted by Gasteiger charge is -2.35. The smallest absolute Gasteiger partial charge is 0.258 e. The minimum Gasteiger partial charge on any atom is -0.380 e. The van der Waals surface area contributed by atoms with Crippen molar-refractivity contribution in [3.63, 3.8) is 0 Å². The van der Waals surface area contributed by atoms with Gasteiger partial charge in [-0.3, -0.25) is 0 Å². The van der Waals surface area contributed by atoms with Crippen molar-refractivity contribution in [3.05, 3.63) is 11.7 Å². The minimum absolute atomic E-state index is 0.285. The molecule has 1 N–H and O–H groups in total. The molecule has 1 aliphatic rings. The molecule has 4 nitrogen and oxygen atoms in total. The molecule has 0 spiro atoms. The van der Waals surface area contributed by atoms with Crippen molar-refractivity contribution >= 4 is 0 Å². The third-order valence-electron chi connectivity index (χ3n) is 2.86. The fourth-order valence-corrected chi connectivity index (χ4v) is 1.65. The van der Waals surface area contributed by atoms with Crippen LogP contribution in [0.1, 0.15) is 37.9 Å². The average molecular weight is 182 g/mol. The van der Waals surface area contributed by atoms with Crippen molar-refractivity contribution < 1.29 is 9.63 Å². The Morgan fingerprint density at radius 3 is 2.62 bits per heavy atom. The maximum absolute atomic E-state index is 10.1. The molecule has 0 aliphatic heterocycles. The highest BCUT2D eigenvalue weighted by atomic mass is 16.5. The molecule has 1 aromatic rings. The van der Waals surface area contributed by atoms with E-state index < -0.39 is 5.60 Å². The van der Waals surface area contributed by atoms with Crippen molar-refractivity contribution in [2.75, 3.05) is 0 Å². The van der Waals surface area contributed by atoms with E-state index in [9.17, 15) is 5.11 Å². The summed E-state index contributed by atoms with van der Waals surface area (Å²) in [4.78, 5) is 4.06. The van der Waals surface area contributed by atoms with Gasteiger partial charge in [-0.1, -0.05) is 11.6 Å². The Morgan fingerprint density at radius 2 is 2.23 bits per heavy atom. The highest BCUT2D eigenvalue weighted by Gasteiger charge is 2.41. The minimum atomic E-state index is -0.931. The van der Waals surface area contributed by atoms with Crippen molar-refractivity contribution in [3.8, 4) is 0 Å². The highest BCUT2D eigenvalue weighted by molar-refractivity contribution is 5.01. The number of nitrogens with zero attached hydrogens (tertiary/aromatic N) is 2. The molecule has 1 atom stereocenters. The second kappa shape index (κ2) is 2.80. The third-order valence-corrected chi connectivity index (χ3v) is 2.86. The summed E-state index contributed by atoms with van der Waals surface area (Å²) >= 11 is 0. The van der Waals surface area contributed by atoms with E-state index in [0.29, 0.717) is 11.7 Å². The second-order valence-corrected chi connectivity index (χ2v) is 3.92. The molecule has 1 heterocycles. The van der Waals surface area contributed by atoms with Crippen LogP contribution in [0.2, 0.25) is 0 Å². The number of hydrogen-bond donors (Lipinski definition) is 1. The van der Waals surface area contributed by atoms with Gasteiger partial charge in [-0.05, 0) is 32.6 Å². The van der Waals surface area contributed by atoms with Crippen LogP contribution < -0.4 is 0 Å². The summed E-state index contributed by atoms with van der Waals surface area (Å²) in [6.45, 7) is 3.51. The highest BCUT2D eigenvalue weighted by Crippen LogP contribution is 2.41. The fraction of sp³-hybridized carbons (Fsp3) is 0.778. The van der Waals surface area contributed by atoms with Gasteiger partial charge in [-0.15, -0.1) is 0 Å². The van der Waals surface area contributed by atoms with Gasteiger partial charge >= 0.3 is 0 Å². The summed E-state index contributed by atoms with van der Waals surface area (Å²) in [6.07, 6.45) is 3.29. The first-order chi connectivity index (χ1) is 6.10. The number of aryl methyl sites for hydroxylation is 1. The summed E-state index contributed by atoms with van der Waals surface area (Å²) in [5.74, 6) is 1.22. The molecule has 4 heteroatoms. The molecule has 0 amide bonds. The van der Waals surface area contributed by atoms with E-state index in [2.05, 4.69) is 10.1 Å². The van der Waals surface area contributed by atoms with Crippen molar-refractivity contribution in [1.82, 2.24) is 10.1 Å². The van der Waals surface area contributed by atoms with E-state index in [4.69, 9.17) is 4.52 Å². The zero-order chi connectivity index (χ0) is 9.47. The molecule has 72 valence electrons. The predicted molar refractivity (Wildman–Crippen MR) is 45.9 cm³/mol. The van der Waals surface area contributed by atoms with E-state index >= 15 is 0 Å². The quantitative estimate of drug-likeness (QED) is 0.750. The van der Waals surface area contributed by atoms with Crippen LogP contribution in [0.4, 0.5) is 0 Å². The summed E-state index contributed by atoms with van der Waals surface area (Å²) in [5, 5.41) is 13.8. The predicted octanol–water partition coefficient (Wildman–Crippen LogP) is 1.39. The van der Waals surface area contributed by atoms with Crippen LogP contribution >= 0.6 is 0 Å². The van der Waals surface area contributed by atoms with Gasteiger partial charge in [0.25, 0.3) is 5.89 Å². The number of rotatable bonds is 2. The Bertz CT molecular complexity index is 302. The van der Waals surface area contributed by atoms with E-state index in [1.807, 2.05) is 0 Å². The summed E-state index contributed by atoms with van der Waals surface area (Å²) < 4.78 is 4.97. The zero-order valence-electron chi connectivity index (χ0n) is 7.95. The van der Waals surface area contributed by atoms with Gasteiger partial charge in [0.2, 0.25) is 0 Å². The van der Waals surface area contributed by atoms with Crippen LogP contribution in [0.3, 0.4) is 0 Å². The Balaban J connectivity index is 2.22. The molecule has 0 aromatic carbocycles. The lowest BCUT2D eigenvalue weighted by molar-refractivity contribution is -0.0635. The molecular weight excluding hydrogens is 168 g/mol. The maximum atomic E-state index is 10.1. The molecule has 1 aliphatic carbocycles. The zero-order valence-corrected chi connectivity index (χ0v) is 7.95. The average Bonchev–Trinajstić information content (AvgIpc) is 2.30. The monoisotopic (exact) mass is 182 g/mol. The molecule has 0 bridgehead atoms. The summed E-state index contributed by atoms with van der Waals surface area (Å²) in [7, 11) is 0. The van der Waals surface area contributed by atoms with Crippen molar-refractivity contribution in [2.24, 2.45) is 5.92 Å². The van der Waals surface area contributed by atoms with E-state index in [1.165, 1.54) is 6.42 Å². The molecule has 0 radical (unpaired) electrons. The van der Waals surface area contributed by atoms with E-state index in [0.717, 1.165) is 12.8 Å². The fourth-order valence-electron chi connectivity index (χ4n) is 1.65. The Morgan fingerprint density at radius 1 is 1.54 bits per heavy atom. The molecule has 0 saturated heterocycles. The van der Waals surface area contributed by atoms with Crippen LogP contribution in [0.15, 0.2) is 4.52 Å². The first kappa shape index (κ1) is 8.69. The third kappa shape index (κ3) is 1.35. The second-order valence-electron chi connectivity index (χ2n) is 3.92. The van der Waals surface area contributed by atoms with Crippen LogP contribution in [-0.2, 0) is 5.60 Å². The number of aliphatic hydroxyl groups is 1. The topological polar surface area (TPSA) is 59.2 Å². The van der Waals surface area contributed by atoms with E-state index in [1.54, 1.807) is 13.8 Å². The van der Waals surface area contributed by atoms with Gasteiger partial charge in [-0.25, -0.2) is 0 Å². The molecule has 1 fully saturated rings. The van der Waals surface area contributed by atoms with E-state index in [-0.39, 0.29) is 5.92 Å². The number of hydrogen-bond acceptors (Lipinski definition) is 4. The van der Waals surface area contributed by atoms with Gasteiger partial charge in [0.1, 0.15) is 5.60 Å². The van der Waals surface area contributed by atoms with Gasteiger partial charge in [-0.2, -0.15) is 4.98 Å². The summed E-state index contributed by atoms with van der Waals surface area (Å²) in [6, 6.07) is 0. The lowest BCUT2D eigenvalue weighted by atomic mass is 9.73. The van der Waals surface area contributed by atoms with Gasteiger partial charge in [0.05, 0.1) is 0 Å². The van der Waals surface area contributed by atoms with Crippen LogP contribution in [0.25, 0.3) is 0 Å². The summed E-state index contributed by atoms with van der Waals surface area (Å²) in [5.41, 5.74) is -0.931. The number of aromatic nitrogens is 2. The van der Waals surface area contributed by atoms with Crippen LogP contribution in [0, 0.1) is 12.8 Å². The Hall–Kier alpha value is -0.900. The van der Waals surface area contributed by atoms with Crippen molar-refractivity contribution in [1.29, 1.82) is 0 Å². The SMILES string of the molecule is Cc1noc(C(C)(O)C2CCC2)n1. The molecule has 1 saturated carbocycles. The first-order valence-corrected chi connectivity index (χ1v) is 4.64. The Labute approximate surface area is 77.0 Å². The standard InChI is InChI=1S/C9H14N2O2/c1-6-10-8(13-11-6)9(2,12)7-4-3-5-7/h7,12H,3-5H2,1-2H3. The van der Waals surface area contributed by atoms with Crippen LogP contribution in [-0.4, -0.2) is 15.2 Å².